The topological polar surface area (TPSA) is 122 Å². The number of nitrogens with one attached hydrogen (secondary N) is 1. The first-order chi connectivity index (χ1) is 17.5. The molecule has 0 atom stereocenters. The van der Waals surface area contributed by atoms with Gasteiger partial charge in [-0.15, -0.1) is 0 Å². The van der Waals surface area contributed by atoms with Crippen LogP contribution in [0.1, 0.15) is 36.6 Å². The van der Waals surface area contributed by atoms with E-state index in [-0.39, 0.29) is 46.4 Å². The summed E-state index contributed by atoms with van der Waals surface area (Å²) < 4.78 is 41.9. The van der Waals surface area contributed by atoms with Gasteiger partial charge in [-0.1, -0.05) is 35.9 Å². The number of aliphatic hydroxyl groups is 1. The molecule has 0 saturated heterocycles. The van der Waals surface area contributed by atoms with Crippen molar-refractivity contribution in [2.75, 3.05) is 13.2 Å². The van der Waals surface area contributed by atoms with Gasteiger partial charge >= 0.3 is 12.1 Å². The van der Waals surface area contributed by atoms with Crippen LogP contribution in [-0.4, -0.2) is 50.9 Å². The monoisotopic (exact) mass is 531 g/mol. The lowest BCUT2D eigenvalue weighted by molar-refractivity contribution is -0.137. The van der Waals surface area contributed by atoms with Crippen molar-refractivity contribution in [3.05, 3.63) is 87.9 Å². The lowest BCUT2D eigenvalue weighted by Crippen LogP contribution is -2.26. The number of aliphatic hydroxyl groups excluding tert-OH is 1. The number of carboxylic acid groups (broad SMARTS) is 1. The standard InChI is InChI=1S/C25H17ClF3N3O5/c26-18-7-3-6-17(25(27,28)29)20(18)23(35)32-19-12-13(22(34)30-10-11-33)8-9-16(19)21(31-32)14-4-1-2-5-15(14)24(36)37/h1-9,12,33H,10-11H2,(H,30,34)(H,36,37). The molecule has 0 unspecified atom stereocenters. The third-order valence-corrected chi connectivity index (χ3v) is 5.79. The van der Waals surface area contributed by atoms with E-state index < -0.39 is 40.1 Å². The zero-order valence-electron chi connectivity index (χ0n) is 18.7. The number of carbonyl (C=O) groups excluding carboxylic acids is 2. The summed E-state index contributed by atoms with van der Waals surface area (Å²) >= 11 is 6.03. The molecule has 190 valence electrons. The van der Waals surface area contributed by atoms with Crippen LogP contribution in [0.25, 0.3) is 22.2 Å². The highest BCUT2D eigenvalue weighted by Gasteiger charge is 2.37. The first-order valence-corrected chi connectivity index (χ1v) is 11.1. The Hall–Kier alpha value is -4.22. The number of aromatic carboxylic acids is 1. The van der Waals surface area contributed by atoms with E-state index in [2.05, 4.69) is 10.4 Å². The van der Waals surface area contributed by atoms with Crippen molar-refractivity contribution in [1.82, 2.24) is 15.1 Å². The number of hydrogen-bond acceptors (Lipinski definition) is 5. The largest absolute Gasteiger partial charge is 0.478 e. The third-order valence-electron chi connectivity index (χ3n) is 5.48. The minimum Gasteiger partial charge on any atom is -0.478 e. The van der Waals surface area contributed by atoms with Gasteiger partial charge in [0.1, 0.15) is 5.69 Å². The van der Waals surface area contributed by atoms with Gasteiger partial charge < -0.3 is 15.5 Å². The summed E-state index contributed by atoms with van der Waals surface area (Å²) in [4.78, 5) is 37.8. The number of carbonyl (C=O) groups is 3. The summed E-state index contributed by atoms with van der Waals surface area (Å²) in [5, 5.41) is 25.0. The molecule has 1 heterocycles. The van der Waals surface area contributed by atoms with Crippen molar-refractivity contribution in [2.24, 2.45) is 0 Å². The van der Waals surface area contributed by atoms with Crippen LogP contribution in [0.15, 0.2) is 60.7 Å². The smallest absolute Gasteiger partial charge is 0.417 e. The maximum absolute atomic E-state index is 13.7. The number of fused-ring (bicyclic) bond motifs is 1. The van der Waals surface area contributed by atoms with Gasteiger partial charge in [0.15, 0.2) is 0 Å². The average molecular weight is 532 g/mol. The summed E-state index contributed by atoms with van der Waals surface area (Å²) in [7, 11) is 0. The highest BCUT2D eigenvalue weighted by molar-refractivity contribution is 6.34. The Morgan fingerprint density at radius 1 is 1.03 bits per heavy atom. The van der Waals surface area contributed by atoms with Crippen LogP contribution in [-0.2, 0) is 6.18 Å². The molecule has 4 rings (SSSR count). The maximum Gasteiger partial charge on any atom is 0.417 e. The Labute approximate surface area is 211 Å². The van der Waals surface area contributed by atoms with Gasteiger partial charge in [0.25, 0.3) is 11.8 Å². The summed E-state index contributed by atoms with van der Waals surface area (Å²) in [6, 6.07) is 12.7. The molecular weight excluding hydrogens is 515 g/mol. The van der Waals surface area contributed by atoms with Gasteiger partial charge in [-0.3, -0.25) is 9.59 Å². The number of nitrogens with zero attached hydrogens (tertiary/aromatic N) is 2. The summed E-state index contributed by atoms with van der Waals surface area (Å²) in [5.74, 6) is -3.12. The molecule has 0 bridgehead atoms. The number of halogens is 4. The second-order valence-electron chi connectivity index (χ2n) is 7.79. The van der Waals surface area contributed by atoms with Gasteiger partial charge in [0, 0.05) is 23.1 Å². The number of hydrogen-bond donors (Lipinski definition) is 3. The molecule has 0 fully saturated rings. The van der Waals surface area contributed by atoms with Crippen molar-refractivity contribution >= 4 is 40.3 Å². The molecule has 37 heavy (non-hydrogen) atoms. The number of amides is 1. The first kappa shape index (κ1) is 25.9. The quantitative estimate of drug-likeness (QED) is 0.337. The van der Waals surface area contributed by atoms with Crippen LogP contribution >= 0.6 is 11.6 Å². The van der Waals surface area contributed by atoms with Crippen molar-refractivity contribution < 1.29 is 37.8 Å². The van der Waals surface area contributed by atoms with Gasteiger partial charge in [-0.25, -0.2) is 4.79 Å². The molecule has 1 aromatic heterocycles. The Morgan fingerprint density at radius 2 is 1.76 bits per heavy atom. The number of carboxylic acids is 1. The number of alkyl halides is 3. The van der Waals surface area contributed by atoms with E-state index in [0.29, 0.717) is 10.7 Å². The molecule has 0 saturated carbocycles. The van der Waals surface area contributed by atoms with Crippen LogP contribution in [0, 0.1) is 0 Å². The van der Waals surface area contributed by atoms with Crippen LogP contribution in [0.2, 0.25) is 5.02 Å². The minimum atomic E-state index is -4.91. The lowest BCUT2D eigenvalue weighted by atomic mass is 10.0. The molecule has 3 N–H and O–H groups in total. The average Bonchev–Trinajstić information content (AvgIpc) is 3.25. The third kappa shape index (κ3) is 4.91. The predicted molar refractivity (Wildman–Crippen MR) is 128 cm³/mol. The maximum atomic E-state index is 13.7. The molecule has 12 heteroatoms. The Balaban J connectivity index is 2.01. The Bertz CT molecular complexity index is 1550. The fourth-order valence-electron chi connectivity index (χ4n) is 3.84. The van der Waals surface area contributed by atoms with Gasteiger partial charge in [-0.05, 0) is 36.4 Å². The minimum absolute atomic E-state index is 0.00396. The molecule has 8 nitrogen and oxygen atoms in total. The molecular formula is C25H17ClF3N3O5. The Morgan fingerprint density at radius 3 is 2.43 bits per heavy atom. The van der Waals surface area contributed by atoms with Crippen molar-refractivity contribution in [3.8, 4) is 11.3 Å². The number of aromatic nitrogens is 2. The fourth-order valence-corrected chi connectivity index (χ4v) is 4.10. The first-order valence-electron chi connectivity index (χ1n) is 10.7. The summed E-state index contributed by atoms with van der Waals surface area (Å²) in [6.07, 6.45) is -4.91. The van der Waals surface area contributed by atoms with Gasteiger partial charge in [0.05, 0.1) is 33.8 Å². The zero-order valence-corrected chi connectivity index (χ0v) is 19.5. The van der Waals surface area contributed by atoms with Crippen molar-refractivity contribution in [2.45, 2.75) is 6.18 Å². The molecule has 0 aliphatic rings. The number of benzene rings is 3. The Kier molecular flexibility index (Phi) is 7.01. The zero-order chi connectivity index (χ0) is 26.9. The second-order valence-corrected chi connectivity index (χ2v) is 8.20. The van der Waals surface area contributed by atoms with Gasteiger partial charge in [0.2, 0.25) is 0 Å². The number of rotatable bonds is 6. The van der Waals surface area contributed by atoms with Crippen LogP contribution in [0.4, 0.5) is 13.2 Å². The van der Waals surface area contributed by atoms with Crippen molar-refractivity contribution in [3.63, 3.8) is 0 Å². The van der Waals surface area contributed by atoms with E-state index in [0.717, 1.165) is 12.1 Å². The van der Waals surface area contributed by atoms with E-state index in [1.807, 2.05) is 0 Å². The molecule has 0 aliphatic carbocycles. The van der Waals surface area contributed by atoms with E-state index in [4.69, 9.17) is 16.7 Å². The molecule has 1 amide bonds. The fraction of sp³-hybridized carbons (Fsp3) is 0.120. The molecule has 4 aromatic rings. The van der Waals surface area contributed by atoms with Gasteiger partial charge in [-0.2, -0.15) is 23.0 Å². The SMILES string of the molecule is O=C(NCCO)c1ccc2c(-c3ccccc3C(=O)O)nn(C(=O)c3c(Cl)cccc3C(F)(F)F)c2c1. The van der Waals surface area contributed by atoms with E-state index in [1.165, 1.54) is 36.4 Å². The second kappa shape index (κ2) is 10.0. The molecule has 0 radical (unpaired) electrons. The van der Waals surface area contributed by atoms with Crippen LogP contribution < -0.4 is 5.32 Å². The molecule has 0 aliphatic heterocycles. The summed E-state index contributed by atoms with van der Waals surface area (Å²) in [5.41, 5.74) is -2.19. The highest BCUT2D eigenvalue weighted by atomic mass is 35.5. The van der Waals surface area contributed by atoms with Crippen LogP contribution in [0.3, 0.4) is 0 Å². The van der Waals surface area contributed by atoms with E-state index >= 15 is 0 Å². The van der Waals surface area contributed by atoms with E-state index in [9.17, 15) is 32.7 Å². The van der Waals surface area contributed by atoms with E-state index in [1.54, 1.807) is 6.07 Å². The van der Waals surface area contributed by atoms with Crippen LogP contribution in [0.5, 0.6) is 0 Å². The summed E-state index contributed by atoms with van der Waals surface area (Å²) in [6.45, 7) is -0.381. The lowest BCUT2D eigenvalue weighted by Gasteiger charge is -2.13. The highest BCUT2D eigenvalue weighted by Crippen LogP contribution is 2.37. The normalized spacial score (nSPS) is 11.5. The molecule has 3 aromatic carbocycles. The van der Waals surface area contributed by atoms with Crippen molar-refractivity contribution in [1.29, 1.82) is 0 Å². The predicted octanol–water partition coefficient (Wildman–Crippen LogP) is 4.48. The molecule has 0 spiro atoms.